The van der Waals surface area contributed by atoms with Crippen molar-refractivity contribution in [3.8, 4) is 0 Å². The highest BCUT2D eigenvalue weighted by Gasteiger charge is 2.19. The number of benzene rings is 2. The maximum atomic E-state index is 13.2. The van der Waals surface area contributed by atoms with Gasteiger partial charge in [-0.2, -0.15) is 0 Å². The summed E-state index contributed by atoms with van der Waals surface area (Å²) in [4.78, 5) is 0. The van der Waals surface area contributed by atoms with Crippen molar-refractivity contribution in [3.63, 3.8) is 0 Å². The van der Waals surface area contributed by atoms with E-state index < -0.39 is 13.3 Å². The molecule has 2 heteroatoms. The second kappa shape index (κ2) is 7.03. The molecule has 0 nitrogen and oxygen atoms in total. The molecular formula is C17H18F2. The molecule has 2 atom stereocenters. The Morgan fingerprint density at radius 1 is 0.632 bits per heavy atom. The van der Waals surface area contributed by atoms with Crippen LogP contribution in [0.2, 0.25) is 0 Å². The predicted molar refractivity (Wildman–Crippen MR) is 74.9 cm³/mol. The van der Waals surface area contributed by atoms with Crippen molar-refractivity contribution in [2.24, 2.45) is 0 Å². The first-order valence-corrected chi connectivity index (χ1v) is 6.57. The van der Waals surface area contributed by atoms with Crippen molar-refractivity contribution < 1.29 is 8.78 Å². The molecule has 100 valence electrons. The van der Waals surface area contributed by atoms with Gasteiger partial charge in [-0.25, -0.2) is 0 Å². The number of hydrogen-bond acceptors (Lipinski definition) is 0. The molecule has 0 aliphatic heterocycles. The number of hydrogen-bond donors (Lipinski definition) is 0. The Hall–Kier alpha value is -1.70. The highest BCUT2D eigenvalue weighted by atomic mass is 19.1. The summed E-state index contributed by atoms with van der Waals surface area (Å²) in [5.41, 5.74) is 1.89. The molecule has 2 aromatic rings. The molecule has 2 aromatic carbocycles. The lowest BCUT2D eigenvalue weighted by molar-refractivity contribution is 0.352. The first-order chi connectivity index (χ1) is 9.35. The fraction of sp³-hybridized carbons (Fsp3) is 0.294. The van der Waals surface area contributed by atoms with Crippen LogP contribution >= 0.6 is 0 Å². The number of halogens is 2. The summed E-state index contributed by atoms with van der Waals surface area (Å²) in [6, 6.07) is 19.0. The summed E-state index contributed by atoms with van der Waals surface area (Å²) in [6.45, 7) is -0.902. The van der Waals surface area contributed by atoms with Crippen molar-refractivity contribution in [2.75, 3.05) is 13.3 Å². The Morgan fingerprint density at radius 2 is 1.00 bits per heavy atom. The fourth-order valence-corrected chi connectivity index (χ4v) is 2.37. The molecule has 2 unspecified atom stereocenters. The van der Waals surface area contributed by atoms with E-state index in [2.05, 4.69) is 0 Å². The molecule has 0 heterocycles. The monoisotopic (exact) mass is 260 g/mol. The van der Waals surface area contributed by atoms with Crippen LogP contribution < -0.4 is 0 Å². The molecule has 0 bridgehead atoms. The van der Waals surface area contributed by atoms with E-state index in [1.807, 2.05) is 60.7 Å². The molecule has 0 spiro atoms. The van der Waals surface area contributed by atoms with Gasteiger partial charge in [0, 0.05) is 11.8 Å². The second-order valence-corrected chi connectivity index (χ2v) is 4.76. The molecule has 0 aliphatic rings. The first kappa shape index (κ1) is 13.7. The standard InChI is InChI=1S/C17H18F2/c18-12-16(14-7-3-1-4-8-14)11-17(13-19)15-9-5-2-6-10-15/h1-10,16-17H,11-13H2. The van der Waals surface area contributed by atoms with Gasteiger partial charge in [-0.3, -0.25) is 8.78 Å². The van der Waals surface area contributed by atoms with Crippen molar-refractivity contribution >= 4 is 0 Å². The minimum Gasteiger partial charge on any atom is -0.250 e. The summed E-state index contributed by atoms with van der Waals surface area (Å²) >= 11 is 0. The molecule has 0 aliphatic carbocycles. The largest absolute Gasteiger partial charge is 0.250 e. The Kier molecular flexibility index (Phi) is 5.08. The van der Waals surface area contributed by atoms with E-state index in [9.17, 15) is 8.78 Å². The van der Waals surface area contributed by atoms with Crippen LogP contribution in [0, 0.1) is 0 Å². The summed E-state index contributed by atoms with van der Waals surface area (Å²) in [6.07, 6.45) is 0.501. The molecule has 0 N–H and O–H groups in total. The Balaban J connectivity index is 2.13. The van der Waals surface area contributed by atoms with E-state index in [0.717, 1.165) is 11.1 Å². The van der Waals surface area contributed by atoms with Crippen molar-refractivity contribution in [2.45, 2.75) is 18.3 Å². The molecule has 0 aromatic heterocycles. The van der Waals surface area contributed by atoms with E-state index in [-0.39, 0.29) is 11.8 Å². The molecular weight excluding hydrogens is 242 g/mol. The van der Waals surface area contributed by atoms with Gasteiger partial charge in [0.15, 0.2) is 0 Å². The summed E-state index contributed by atoms with van der Waals surface area (Å²) in [5.74, 6) is -0.468. The van der Waals surface area contributed by atoms with Gasteiger partial charge in [0.25, 0.3) is 0 Å². The van der Waals surface area contributed by atoms with Crippen molar-refractivity contribution in [1.82, 2.24) is 0 Å². The molecule has 0 saturated heterocycles. The lowest BCUT2D eigenvalue weighted by atomic mass is 9.86. The van der Waals surface area contributed by atoms with E-state index >= 15 is 0 Å². The number of rotatable bonds is 6. The minimum atomic E-state index is -0.451. The van der Waals surface area contributed by atoms with E-state index in [0.29, 0.717) is 6.42 Å². The zero-order chi connectivity index (χ0) is 13.5. The van der Waals surface area contributed by atoms with Crippen LogP contribution in [0.3, 0.4) is 0 Å². The van der Waals surface area contributed by atoms with E-state index in [4.69, 9.17) is 0 Å². The van der Waals surface area contributed by atoms with Crippen molar-refractivity contribution in [3.05, 3.63) is 71.8 Å². The van der Waals surface area contributed by atoms with Crippen LogP contribution in [0.5, 0.6) is 0 Å². The van der Waals surface area contributed by atoms with E-state index in [1.165, 1.54) is 0 Å². The minimum absolute atomic E-state index is 0.234. The Labute approximate surface area is 113 Å². The van der Waals surface area contributed by atoms with Crippen molar-refractivity contribution in [1.29, 1.82) is 0 Å². The average Bonchev–Trinajstić information content (AvgIpc) is 2.50. The van der Waals surface area contributed by atoms with Crippen LogP contribution in [0.25, 0.3) is 0 Å². The van der Waals surface area contributed by atoms with Gasteiger partial charge in [0.05, 0.1) is 13.3 Å². The zero-order valence-corrected chi connectivity index (χ0v) is 10.8. The van der Waals surface area contributed by atoms with Gasteiger partial charge >= 0.3 is 0 Å². The third-order valence-corrected chi connectivity index (χ3v) is 3.48. The van der Waals surface area contributed by atoms with Gasteiger partial charge in [-0.1, -0.05) is 60.7 Å². The normalized spacial score (nSPS) is 14.0. The van der Waals surface area contributed by atoms with Gasteiger partial charge in [0.2, 0.25) is 0 Å². The SMILES string of the molecule is FCC(CC(CF)c1ccccc1)c1ccccc1. The summed E-state index contributed by atoms with van der Waals surface area (Å²) in [5, 5.41) is 0. The summed E-state index contributed by atoms with van der Waals surface area (Å²) < 4.78 is 26.5. The predicted octanol–water partition coefficient (Wildman–Crippen LogP) is 4.88. The van der Waals surface area contributed by atoms with Gasteiger partial charge in [-0.05, 0) is 17.5 Å². The second-order valence-electron chi connectivity index (χ2n) is 4.76. The number of alkyl halides is 2. The topological polar surface area (TPSA) is 0 Å². The summed E-state index contributed by atoms with van der Waals surface area (Å²) in [7, 11) is 0. The average molecular weight is 260 g/mol. The molecule has 19 heavy (non-hydrogen) atoms. The Morgan fingerprint density at radius 3 is 1.32 bits per heavy atom. The van der Waals surface area contributed by atoms with Crippen LogP contribution in [0.4, 0.5) is 8.78 Å². The molecule has 0 radical (unpaired) electrons. The van der Waals surface area contributed by atoms with E-state index in [1.54, 1.807) is 0 Å². The molecule has 2 rings (SSSR count). The quantitative estimate of drug-likeness (QED) is 0.694. The van der Waals surface area contributed by atoms with Gasteiger partial charge in [-0.15, -0.1) is 0 Å². The lowest BCUT2D eigenvalue weighted by Crippen LogP contribution is -2.10. The third kappa shape index (κ3) is 3.63. The zero-order valence-electron chi connectivity index (χ0n) is 10.8. The Bertz CT molecular complexity index is 422. The maximum Gasteiger partial charge on any atom is 0.0963 e. The third-order valence-electron chi connectivity index (χ3n) is 3.48. The first-order valence-electron chi connectivity index (χ1n) is 6.57. The highest BCUT2D eigenvalue weighted by Crippen LogP contribution is 2.30. The van der Waals surface area contributed by atoms with Crippen LogP contribution in [0.1, 0.15) is 29.4 Å². The van der Waals surface area contributed by atoms with Crippen LogP contribution in [-0.4, -0.2) is 13.3 Å². The smallest absolute Gasteiger partial charge is 0.0963 e. The fourth-order valence-electron chi connectivity index (χ4n) is 2.37. The maximum absolute atomic E-state index is 13.2. The highest BCUT2D eigenvalue weighted by molar-refractivity contribution is 5.23. The van der Waals surface area contributed by atoms with Crippen LogP contribution in [-0.2, 0) is 0 Å². The van der Waals surface area contributed by atoms with Gasteiger partial charge in [0.1, 0.15) is 0 Å². The van der Waals surface area contributed by atoms with Gasteiger partial charge < -0.3 is 0 Å². The van der Waals surface area contributed by atoms with Crippen LogP contribution in [0.15, 0.2) is 60.7 Å². The molecule has 0 saturated carbocycles. The lowest BCUT2D eigenvalue weighted by Gasteiger charge is -2.20. The molecule has 0 amide bonds. The molecule has 0 fully saturated rings.